The van der Waals surface area contributed by atoms with Crippen molar-refractivity contribution in [3.8, 4) is 11.8 Å². The molecule has 1 aliphatic heterocycles. The fraction of sp³-hybridized carbons (Fsp3) is 0.467. The molecule has 2 rings (SSSR count). The molecule has 0 bridgehead atoms. The van der Waals surface area contributed by atoms with E-state index in [1.54, 1.807) is 18.5 Å². The standard InChI is InChI=1S/C15H19N3O2/c16-6-1-2-13-10-17-7-3-14(13)15(20)18-8-4-12(11-19)5-9-18/h3,7,10,12,19H,4-6,8-9,11,16H2. The Labute approximate surface area is 118 Å². The highest BCUT2D eigenvalue weighted by molar-refractivity contribution is 5.96. The van der Waals surface area contributed by atoms with Crippen LogP contribution in [0.3, 0.4) is 0 Å². The molecule has 20 heavy (non-hydrogen) atoms. The predicted molar refractivity (Wildman–Crippen MR) is 75.9 cm³/mol. The van der Waals surface area contributed by atoms with Crippen LogP contribution >= 0.6 is 0 Å². The number of rotatable bonds is 2. The Bertz CT molecular complexity index is 525. The summed E-state index contributed by atoms with van der Waals surface area (Å²) in [4.78, 5) is 18.3. The fourth-order valence-corrected chi connectivity index (χ4v) is 2.32. The van der Waals surface area contributed by atoms with Gasteiger partial charge in [0.15, 0.2) is 0 Å². The van der Waals surface area contributed by atoms with E-state index in [0.29, 0.717) is 30.1 Å². The van der Waals surface area contributed by atoms with Gasteiger partial charge in [-0.2, -0.15) is 0 Å². The molecule has 0 radical (unpaired) electrons. The van der Waals surface area contributed by atoms with E-state index >= 15 is 0 Å². The summed E-state index contributed by atoms with van der Waals surface area (Å²) in [6, 6.07) is 1.70. The summed E-state index contributed by atoms with van der Waals surface area (Å²) in [5, 5.41) is 9.13. The average Bonchev–Trinajstić information content (AvgIpc) is 2.52. The van der Waals surface area contributed by atoms with E-state index in [0.717, 1.165) is 12.8 Å². The molecule has 106 valence electrons. The van der Waals surface area contributed by atoms with E-state index < -0.39 is 0 Å². The summed E-state index contributed by atoms with van der Waals surface area (Å²) in [5.41, 5.74) is 6.55. The van der Waals surface area contributed by atoms with E-state index in [4.69, 9.17) is 10.8 Å². The Kier molecular flexibility index (Phi) is 5.10. The van der Waals surface area contributed by atoms with Crippen molar-refractivity contribution in [2.75, 3.05) is 26.2 Å². The number of nitrogens with zero attached hydrogens (tertiary/aromatic N) is 2. The number of hydrogen-bond donors (Lipinski definition) is 2. The molecule has 1 amide bonds. The number of aliphatic hydroxyl groups excluding tert-OH is 1. The minimum absolute atomic E-state index is 0.0230. The quantitative estimate of drug-likeness (QED) is 0.756. The van der Waals surface area contributed by atoms with Gasteiger partial charge < -0.3 is 15.7 Å². The second-order valence-electron chi connectivity index (χ2n) is 4.85. The minimum atomic E-state index is -0.0230. The van der Waals surface area contributed by atoms with Gasteiger partial charge in [0, 0.05) is 32.1 Å². The van der Waals surface area contributed by atoms with Crippen LogP contribution < -0.4 is 5.73 Å². The fourth-order valence-electron chi connectivity index (χ4n) is 2.32. The van der Waals surface area contributed by atoms with Gasteiger partial charge in [-0.25, -0.2) is 0 Å². The maximum absolute atomic E-state index is 12.5. The molecule has 0 aromatic carbocycles. The summed E-state index contributed by atoms with van der Waals surface area (Å²) in [6.45, 7) is 1.81. The Morgan fingerprint density at radius 1 is 1.50 bits per heavy atom. The van der Waals surface area contributed by atoms with Crippen LogP contribution in [0.5, 0.6) is 0 Å². The monoisotopic (exact) mass is 273 g/mol. The van der Waals surface area contributed by atoms with Crippen LogP contribution in [0.15, 0.2) is 18.5 Å². The first-order valence-corrected chi connectivity index (χ1v) is 6.79. The highest BCUT2D eigenvalue weighted by Crippen LogP contribution is 2.19. The Hall–Kier alpha value is -1.90. The molecule has 5 heteroatoms. The first-order chi connectivity index (χ1) is 9.76. The van der Waals surface area contributed by atoms with Crippen LogP contribution in [0.2, 0.25) is 0 Å². The summed E-state index contributed by atoms with van der Waals surface area (Å²) in [6.07, 6.45) is 4.88. The number of amides is 1. The number of carbonyl (C=O) groups excluding carboxylic acids is 1. The highest BCUT2D eigenvalue weighted by Gasteiger charge is 2.24. The normalized spacial score (nSPS) is 15.6. The van der Waals surface area contributed by atoms with Crippen molar-refractivity contribution in [1.29, 1.82) is 0 Å². The van der Waals surface area contributed by atoms with Crippen LogP contribution in [0.1, 0.15) is 28.8 Å². The first kappa shape index (κ1) is 14.5. The van der Waals surface area contributed by atoms with E-state index in [-0.39, 0.29) is 19.1 Å². The number of pyridine rings is 1. The number of carbonyl (C=O) groups is 1. The van der Waals surface area contributed by atoms with Crippen molar-refractivity contribution in [2.24, 2.45) is 11.7 Å². The van der Waals surface area contributed by atoms with Gasteiger partial charge in [-0.15, -0.1) is 0 Å². The summed E-state index contributed by atoms with van der Waals surface area (Å²) >= 11 is 0. The van der Waals surface area contributed by atoms with Crippen molar-refractivity contribution in [2.45, 2.75) is 12.8 Å². The highest BCUT2D eigenvalue weighted by atomic mass is 16.3. The lowest BCUT2D eigenvalue weighted by molar-refractivity contribution is 0.0650. The van der Waals surface area contributed by atoms with E-state index in [2.05, 4.69) is 16.8 Å². The van der Waals surface area contributed by atoms with Crippen LogP contribution in [0.4, 0.5) is 0 Å². The summed E-state index contributed by atoms with van der Waals surface area (Å²) in [5.74, 6) is 5.93. The SMILES string of the molecule is NCC#Cc1cnccc1C(=O)N1CCC(CO)CC1. The van der Waals surface area contributed by atoms with E-state index in [9.17, 15) is 4.79 Å². The van der Waals surface area contributed by atoms with Crippen molar-refractivity contribution < 1.29 is 9.90 Å². The Morgan fingerprint density at radius 2 is 2.25 bits per heavy atom. The molecular formula is C15H19N3O2. The lowest BCUT2D eigenvalue weighted by atomic mass is 9.97. The second kappa shape index (κ2) is 7.04. The van der Waals surface area contributed by atoms with Crippen LogP contribution in [0, 0.1) is 17.8 Å². The van der Waals surface area contributed by atoms with Crippen LogP contribution in [-0.4, -0.2) is 47.1 Å². The molecule has 2 heterocycles. The van der Waals surface area contributed by atoms with Gasteiger partial charge in [0.1, 0.15) is 0 Å². The van der Waals surface area contributed by atoms with Crippen molar-refractivity contribution in [3.05, 3.63) is 29.6 Å². The van der Waals surface area contributed by atoms with E-state index in [1.807, 2.05) is 4.90 Å². The molecule has 1 aromatic heterocycles. The van der Waals surface area contributed by atoms with E-state index in [1.165, 1.54) is 0 Å². The number of aromatic nitrogens is 1. The number of piperidine rings is 1. The third-order valence-electron chi connectivity index (χ3n) is 3.54. The van der Waals surface area contributed by atoms with Crippen molar-refractivity contribution in [3.63, 3.8) is 0 Å². The zero-order valence-electron chi connectivity index (χ0n) is 11.4. The van der Waals surface area contributed by atoms with Gasteiger partial charge in [0.05, 0.1) is 17.7 Å². The molecule has 0 unspecified atom stereocenters. The molecule has 3 N–H and O–H groups in total. The zero-order valence-corrected chi connectivity index (χ0v) is 11.4. The van der Waals surface area contributed by atoms with Crippen molar-refractivity contribution in [1.82, 2.24) is 9.88 Å². The second-order valence-corrected chi connectivity index (χ2v) is 4.85. The van der Waals surface area contributed by atoms with Gasteiger partial charge in [-0.3, -0.25) is 9.78 Å². The van der Waals surface area contributed by atoms with Crippen LogP contribution in [-0.2, 0) is 0 Å². The Morgan fingerprint density at radius 3 is 2.90 bits per heavy atom. The zero-order chi connectivity index (χ0) is 14.4. The number of hydrogen-bond acceptors (Lipinski definition) is 4. The lowest BCUT2D eigenvalue weighted by Gasteiger charge is -2.31. The average molecular weight is 273 g/mol. The maximum Gasteiger partial charge on any atom is 0.255 e. The molecule has 5 nitrogen and oxygen atoms in total. The molecule has 1 aromatic rings. The summed E-state index contributed by atoms with van der Waals surface area (Å²) in [7, 11) is 0. The van der Waals surface area contributed by atoms with Gasteiger partial charge in [0.2, 0.25) is 0 Å². The minimum Gasteiger partial charge on any atom is -0.396 e. The van der Waals surface area contributed by atoms with Gasteiger partial charge in [-0.05, 0) is 24.8 Å². The van der Waals surface area contributed by atoms with Crippen LogP contribution in [0.25, 0.3) is 0 Å². The third-order valence-corrected chi connectivity index (χ3v) is 3.54. The molecule has 0 saturated carbocycles. The maximum atomic E-state index is 12.5. The van der Waals surface area contributed by atoms with Gasteiger partial charge >= 0.3 is 0 Å². The number of aliphatic hydroxyl groups is 1. The Balaban J connectivity index is 2.13. The number of likely N-dealkylation sites (tertiary alicyclic amines) is 1. The molecule has 1 saturated heterocycles. The van der Waals surface area contributed by atoms with Crippen molar-refractivity contribution >= 4 is 5.91 Å². The molecule has 0 aliphatic carbocycles. The largest absolute Gasteiger partial charge is 0.396 e. The lowest BCUT2D eigenvalue weighted by Crippen LogP contribution is -2.39. The number of nitrogens with two attached hydrogens (primary N) is 1. The molecule has 1 fully saturated rings. The summed E-state index contributed by atoms with van der Waals surface area (Å²) < 4.78 is 0. The topological polar surface area (TPSA) is 79.5 Å². The third kappa shape index (κ3) is 3.35. The molecule has 0 spiro atoms. The smallest absolute Gasteiger partial charge is 0.255 e. The molecular weight excluding hydrogens is 254 g/mol. The molecule has 1 aliphatic rings. The van der Waals surface area contributed by atoms with Gasteiger partial charge in [0.25, 0.3) is 5.91 Å². The first-order valence-electron chi connectivity index (χ1n) is 6.79. The molecule has 0 atom stereocenters. The predicted octanol–water partition coefficient (Wildman–Crippen LogP) is 0.236. The van der Waals surface area contributed by atoms with Gasteiger partial charge in [-0.1, -0.05) is 11.8 Å².